The van der Waals surface area contributed by atoms with E-state index in [4.69, 9.17) is 9.47 Å². The number of para-hydroxylation sites is 1. The maximum atomic E-state index is 16.1. The molecule has 2 aliphatic heterocycles. The van der Waals surface area contributed by atoms with E-state index in [9.17, 15) is 24.6 Å². The molecule has 1 saturated heterocycles. The first-order chi connectivity index (χ1) is 33.2. The first-order valence-electron chi connectivity index (χ1n) is 24.1. The van der Waals surface area contributed by atoms with E-state index in [2.05, 4.69) is 20.6 Å². The number of hydrogen-bond donors (Lipinski definition) is 5. The maximum absolute atomic E-state index is 16.1. The number of aromatic amines is 1. The molecule has 3 aromatic carbocycles. The molecular formula is C53H67F3N6O7S. The molecule has 0 saturated carbocycles. The molecule has 0 radical (unpaired) electrons. The third-order valence-electron chi connectivity index (χ3n) is 13.1. The van der Waals surface area contributed by atoms with E-state index in [0.29, 0.717) is 37.8 Å². The second kappa shape index (κ2) is 22.4. The van der Waals surface area contributed by atoms with Crippen molar-refractivity contribution in [1.29, 1.82) is 0 Å². The Hall–Kier alpha value is -5.33. The Bertz CT molecular complexity index is 2590. The Morgan fingerprint density at radius 3 is 2.34 bits per heavy atom. The van der Waals surface area contributed by atoms with Crippen LogP contribution in [0.4, 0.5) is 13.2 Å². The van der Waals surface area contributed by atoms with Gasteiger partial charge in [-0.1, -0.05) is 63.2 Å². The SMILES string of the molecule is Cc1ncsc1-c1ccc(CNC(=O)[C@@H]2C[C@@H](O)CN2C(=O)[C@@H](NC(=O)COCCCC(O)CCCOc2cc(F)c([C@@H]3c4[nH]c5ccccc5c4C[C@@H](C)N3CC(C)(C)F)c(F)c2)C(C)(C)C)cc1. The summed E-state index contributed by atoms with van der Waals surface area (Å²) in [6.07, 6.45) is 0.583. The number of carbonyl (C=O) groups is 3. The number of likely N-dealkylation sites (tertiary alicyclic amines) is 1. The second-order valence-corrected chi connectivity index (χ2v) is 21.3. The lowest BCUT2D eigenvalue weighted by Gasteiger charge is -2.43. The Balaban J connectivity index is 0.840. The number of aliphatic hydroxyl groups is 2. The van der Waals surface area contributed by atoms with E-state index in [-0.39, 0.29) is 63.2 Å². The third kappa shape index (κ3) is 12.8. The van der Waals surface area contributed by atoms with Crippen LogP contribution in [-0.4, -0.2) is 117 Å². The zero-order valence-corrected chi connectivity index (χ0v) is 41.9. The van der Waals surface area contributed by atoms with E-state index in [0.717, 1.165) is 50.3 Å². The van der Waals surface area contributed by atoms with Crippen molar-refractivity contribution in [2.75, 3.05) is 32.9 Å². The summed E-state index contributed by atoms with van der Waals surface area (Å²) in [5, 5.41) is 27.9. The number of amides is 3. The van der Waals surface area contributed by atoms with Crippen LogP contribution in [0, 0.1) is 24.0 Å². The van der Waals surface area contributed by atoms with Crippen molar-refractivity contribution in [3.8, 4) is 16.2 Å². The molecule has 2 aromatic heterocycles. The van der Waals surface area contributed by atoms with E-state index < -0.39 is 70.8 Å². The lowest BCUT2D eigenvalue weighted by Crippen LogP contribution is -2.58. The molecule has 0 bridgehead atoms. The van der Waals surface area contributed by atoms with Crippen molar-refractivity contribution in [3.05, 3.63) is 106 Å². The minimum absolute atomic E-state index is 0.00739. The molecule has 1 unspecified atom stereocenters. The van der Waals surface area contributed by atoms with Gasteiger partial charge in [-0.15, -0.1) is 11.3 Å². The first kappa shape index (κ1) is 52.5. The zero-order valence-electron chi connectivity index (χ0n) is 41.1. The van der Waals surface area contributed by atoms with Gasteiger partial charge >= 0.3 is 0 Å². The molecule has 6 atom stereocenters. The smallest absolute Gasteiger partial charge is 0.246 e. The van der Waals surface area contributed by atoms with Gasteiger partial charge in [-0.05, 0) is 88.0 Å². The average Bonchev–Trinajstić information content (AvgIpc) is 4.02. The van der Waals surface area contributed by atoms with Gasteiger partial charge in [-0.25, -0.2) is 18.2 Å². The minimum Gasteiger partial charge on any atom is -0.493 e. The monoisotopic (exact) mass is 988 g/mol. The number of fused-ring (bicyclic) bond motifs is 3. The van der Waals surface area contributed by atoms with Crippen LogP contribution >= 0.6 is 11.3 Å². The molecule has 13 nitrogen and oxygen atoms in total. The standard InChI is InChI=1S/C53H67F3N6O7S/c1-31-22-39-38-14-8-9-15-42(38)59-46(39)47(62(31)29-53(6,7)56)45-40(54)24-37(25-41(45)55)69-21-11-13-35(63)12-10-20-68-28-44(65)60-49(52(3,4)5)51(67)61-27-36(64)23-43(61)50(66)57-26-33-16-18-34(19-17-33)48-32(2)58-30-70-48/h8-9,14-19,24-25,30-31,35-36,43,47,49,59,63-64H,10-13,20-23,26-29H2,1-7H3,(H,57,66)(H,60,65)/t31-,35?,36-,43+,47-,49-/m1/s1. The number of rotatable bonds is 20. The zero-order chi connectivity index (χ0) is 50.5. The number of aliphatic hydroxyl groups excluding tert-OH is 2. The van der Waals surface area contributed by atoms with Gasteiger partial charge in [0.1, 0.15) is 41.7 Å². The number of nitrogens with one attached hydrogen (secondary N) is 3. The number of aromatic nitrogens is 2. The number of β-amino-alcohol motifs (C(OH)–C–C–N with tert-alkyl or cyclic N) is 1. The summed E-state index contributed by atoms with van der Waals surface area (Å²) < 4.78 is 58.7. The highest BCUT2D eigenvalue weighted by atomic mass is 32.1. The van der Waals surface area contributed by atoms with Crippen LogP contribution in [0.3, 0.4) is 0 Å². The Morgan fingerprint density at radius 2 is 1.69 bits per heavy atom. The molecule has 70 heavy (non-hydrogen) atoms. The van der Waals surface area contributed by atoms with Crippen LogP contribution in [0.25, 0.3) is 21.3 Å². The number of alkyl halides is 1. The average molecular weight is 989 g/mol. The topological polar surface area (TPSA) is 169 Å². The van der Waals surface area contributed by atoms with Crippen LogP contribution in [0.1, 0.15) is 108 Å². The summed E-state index contributed by atoms with van der Waals surface area (Å²) in [5.41, 5.74) is 4.57. The molecule has 4 heterocycles. The number of hydrogen-bond acceptors (Lipinski definition) is 10. The van der Waals surface area contributed by atoms with Crippen molar-refractivity contribution < 1.29 is 47.2 Å². The van der Waals surface area contributed by atoms with E-state index in [1.807, 2.05) is 67.3 Å². The van der Waals surface area contributed by atoms with Gasteiger partial charge in [-0.2, -0.15) is 0 Å². The van der Waals surface area contributed by atoms with E-state index >= 15 is 13.2 Å². The molecule has 3 amide bonds. The number of benzene rings is 3. The van der Waals surface area contributed by atoms with Crippen LogP contribution in [0.15, 0.2) is 66.2 Å². The number of carbonyl (C=O) groups excluding carboxylic acids is 3. The minimum atomic E-state index is -1.62. The summed E-state index contributed by atoms with van der Waals surface area (Å²) >= 11 is 1.56. The first-order valence-corrected chi connectivity index (χ1v) is 25.0. The van der Waals surface area contributed by atoms with Crippen molar-refractivity contribution in [2.45, 2.75) is 136 Å². The lowest BCUT2D eigenvalue weighted by molar-refractivity contribution is -0.144. The highest BCUT2D eigenvalue weighted by molar-refractivity contribution is 7.13. The summed E-state index contributed by atoms with van der Waals surface area (Å²) in [5.74, 6) is -3.00. The Morgan fingerprint density at radius 1 is 1.00 bits per heavy atom. The fourth-order valence-electron chi connectivity index (χ4n) is 9.63. The van der Waals surface area contributed by atoms with Crippen LogP contribution in [0.5, 0.6) is 5.75 Å². The molecule has 0 spiro atoms. The molecule has 17 heteroatoms. The van der Waals surface area contributed by atoms with Crippen LogP contribution < -0.4 is 15.4 Å². The number of H-pyrrole nitrogens is 1. The predicted molar refractivity (Wildman–Crippen MR) is 264 cm³/mol. The van der Waals surface area contributed by atoms with Gasteiger partial charge in [0, 0.05) is 73.0 Å². The molecule has 0 aliphatic carbocycles. The number of halogens is 3. The van der Waals surface area contributed by atoms with Gasteiger partial charge < -0.3 is 40.2 Å². The number of ether oxygens (including phenoxy) is 2. The molecule has 2 aliphatic rings. The summed E-state index contributed by atoms with van der Waals surface area (Å²) in [6.45, 7) is 12.3. The molecule has 5 N–H and O–H groups in total. The van der Waals surface area contributed by atoms with Crippen molar-refractivity contribution in [2.24, 2.45) is 5.41 Å². The van der Waals surface area contributed by atoms with Crippen LogP contribution in [-0.2, 0) is 32.1 Å². The molecular weight excluding hydrogens is 922 g/mol. The van der Waals surface area contributed by atoms with Crippen molar-refractivity contribution >= 4 is 40.0 Å². The Kier molecular flexibility index (Phi) is 16.8. The molecule has 7 rings (SSSR count). The predicted octanol–water partition coefficient (Wildman–Crippen LogP) is 8.09. The highest BCUT2D eigenvalue weighted by Crippen LogP contribution is 2.44. The van der Waals surface area contributed by atoms with Crippen molar-refractivity contribution in [1.82, 2.24) is 30.4 Å². The van der Waals surface area contributed by atoms with Crippen LogP contribution in [0.2, 0.25) is 0 Å². The highest BCUT2D eigenvalue weighted by Gasteiger charge is 2.45. The van der Waals surface area contributed by atoms with Gasteiger partial charge in [0.15, 0.2) is 0 Å². The van der Waals surface area contributed by atoms with Crippen molar-refractivity contribution in [3.63, 3.8) is 0 Å². The fourth-order valence-corrected chi connectivity index (χ4v) is 10.4. The summed E-state index contributed by atoms with van der Waals surface area (Å²) in [7, 11) is 0. The number of nitrogens with zero attached hydrogens (tertiary/aromatic N) is 3. The van der Waals surface area contributed by atoms with Gasteiger partial charge in [-0.3, -0.25) is 19.3 Å². The summed E-state index contributed by atoms with van der Waals surface area (Å²) in [4.78, 5) is 52.5. The Labute approximate surface area is 412 Å². The molecule has 1 fully saturated rings. The normalized spacial score (nSPS) is 19.5. The van der Waals surface area contributed by atoms with E-state index in [1.54, 1.807) is 37.6 Å². The summed E-state index contributed by atoms with van der Waals surface area (Å²) in [6, 6.07) is 14.8. The van der Waals surface area contributed by atoms with E-state index in [1.165, 1.54) is 18.7 Å². The molecule has 5 aromatic rings. The fraction of sp³-hybridized carbons (Fsp3) is 0.509. The quantitative estimate of drug-likeness (QED) is 0.0484. The lowest BCUT2D eigenvalue weighted by atomic mass is 9.85. The van der Waals surface area contributed by atoms with Gasteiger partial charge in [0.05, 0.1) is 40.9 Å². The van der Waals surface area contributed by atoms with Gasteiger partial charge in [0.25, 0.3) is 0 Å². The number of thiazole rings is 1. The molecule has 378 valence electrons. The second-order valence-electron chi connectivity index (χ2n) is 20.5. The maximum Gasteiger partial charge on any atom is 0.246 e. The van der Waals surface area contributed by atoms with Gasteiger partial charge in [0.2, 0.25) is 17.7 Å². The largest absolute Gasteiger partial charge is 0.493 e. The third-order valence-corrected chi connectivity index (χ3v) is 14.1. The number of aryl methyl sites for hydroxylation is 1.